The van der Waals surface area contributed by atoms with Gasteiger partial charge in [-0.15, -0.1) is 0 Å². The Morgan fingerprint density at radius 3 is 2.65 bits per heavy atom. The van der Waals surface area contributed by atoms with Crippen LogP contribution in [0, 0.1) is 0 Å². The summed E-state index contributed by atoms with van der Waals surface area (Å²) in [6.45, 7) is 7.04. The molecule has 1 fully saturated rings. The van der Waals surface area contributed by atoms with Gasteiger partial charge < -0.3 is 0 Å². The van der Waals surface area contributed by atoms with Crippen LogP contribution in [0.25, 0.3) is 0 Å². The molecule has 0 radical (unpaired) electrons. The largest absolute Gasteiger partial charge is 0.296 e. The molecule has 0 bridgehead atoms. The van der Waals surface area contributed by atoms with Crippen molar-refractivity contribution in [3.05, 3.63) is 34.9 Å². The summed E-state index contributed by atoms with van der Waals surface area (Å²) < 4.78 is 0. The van der Waals surface area contributed by atoms with E-state index in [1.165, 1.54) is 44.3 Å². The second kappa shape index (κ2) is 4.45. The monoisotopic (exact) mass is 229 g/mol. The Kier molecular flexibility index (Phi) is 2.96. The van der Waals surface area contributed by atoms with Crippen molar-refractivity contribution in [2.45, 2.75) is 58.0 Å². The first-order chi connectivity index (χ1) is 8.24. The average Bonchev–Trinajstić information content (AvgIpc) is 2.25. The van der Waals surface area contributed by atoms with Crippen LogP contribution >= 0.6 is 0 Å². The van der Waals surface area contributed by atoms with Gasteiger partial charge in [0.2, 0.25) is 0 Å². The molecule has 1 aliphatic heterocycles. The highest BCUT2D eigenvalue weighted by Crippen LogP contribution is 2.30. The number of rotatable bonds is 2. The van der Waals surface area contributed by atoms with E-state index in [0.717, 1.165) is 6.04 Å². The fourth-order valence-corrected chi connectivity index (χ4v) is 3.02. The Morgan fingerprint density at radius 2 is 2.00 bits per heavy atom. The third-order valence-electron chi connectivity index (χ3n) is 4.53. The molecular weight excluding hydrogens is 206 g/mol. The maximum Gasteiger partial charge on any atom is 0.0239 e. The van der Waals surface area contributed by atoms with Crippen LogP contribution in [0.4, 0.5) is 0 Å². The first-order valence-corrected chi connectivity index (χ1v) is 7.10. The number of benzene rings is 1. The third-order valence-corrected chi connectivity index (χ3v) is 4.53. The van der Waals surface area contributed by atoms with Gasteiger partial charge in [0.05, 0.1) is 0 Å². The Labute approximate surface area is 105 Å². The summed E-state index contributed by atoms with van der Waals surface area (Å²) in [4.78, 5) is 2.70. The fourth-order valence-electron chi connectivity index (χ4n) is 3.02. The van der Waals surface area contributed by atoms with E-state index in [1.54, 1.807) is 11.1 Å². The van der Waals surface area contributed by atoms with E-state index >= 15 is 0 Å². The van der Waals surface area contributed by atoms with Crippen molar-refractivity contribution in [2.75, 3.05) is 6.54 Å². The molecule has 0 atom stereocenters. The maximum atomic E-state index is 2.70. The molecule has 1 heteroatoms. The van der Waals surface area contributed by atoms with Gasteiger partial charge in [-0.2, -0.15) is 0 Å². The lowest BCUT2D eigenvalue weighted by atomic mass is 9.87. The molecule has 2 aliphatic rings. The van der Waals surface area contributed by atoms with Crippen molar-refractivity contribution >= 4 is 0 Å². The molecule has 0 unspecified atom stereocenters. The van der Waals surface area contributed by atoms with Crippen molar-refractivity contribution in [1.29, 1.82) is 0 Å². The number of hydrogen-bond donors (Lipinski definition) is 0. The average molecular weight is 229 g/mol. The van der Waals surface area contributed by atoms with Gasteiger partial charge in [0.1, 0.15) is 0 Å². The summed E-state index contributed by atoms with van der Waals surface area (Å²) >= 11 is 0. The maximum absolute atomic E-state index is 2.70. The smallest absolute Gasteiger partial charge is 0.0239 e. The van der Waals surface area contributed by atoms with E-state index < -0.39 is 0 Å². The van der Waals surface area contributed by atoms with Gasteiger partial charge in [0.25, 0.3) is 0 Å². The lowest BCUT2D eigenvalue weighted by molar-refractivity contribution is 0.113. The van der Waals surface area contributed by atoms with Crippen molar-refractivity contribution < 1.29 is 0 Å². The summed E-state index contributed by atoms with van der Waals surface area (Å²) in [5, 5.41) is 0. The van der Waals surface area contributed by atoms with Crippen LogP contribution in [0.2, 0.25) is 0 Å². The minimum Gasteiger partial charge on any atom is -0.296 e. The molecule has 0 saturated heterocycles. The summed E-state index contributed by atoms with van der Waals surface area (Å²) in [7, 11) is 0. The molecule has 1 aromatic rings. The molecule has 3 rings (SSSR count). The summed E-state index contributed by atoms with van der Waals surface area (Å²) in [6, 6.07) is 8.03. The van der Waals surface area contributed by atoms with Crippen LogP contribution in [0.15, 0.2) is 18.2 Å². The van der Waals surface area contributed by atoms with Gasteiger partial charge in [0, 0.05) is 19.1 Å². The van der Waals surface area contributed by atoms with Crippen LogP contribution in [0.3, 0.4) is 0 Å². The van der Waals surface area contributed by atoms with Crippen LogP contribution in [-0.2, 0) is 13.0 Å². The summed E-state index contributed by atoms with van der Waals surface area (Å²) in [5.74, 6) is 0.652. The highest BCUT2D eigenvalue weighted by Gasteiger charge is 2.27. The van der Waals surface area contributed by atoms with Crippen molar-refractivity contribution in [3.8, 4) is 0 Å². The van der Waals surface area contributed by atoms with Gasteiger partial charge in [-0.05, 0) is 41.9 Å². The second-order valence-electron chi connectivity index (χ2n) is 5.99. The Bertz CT molecular complexity index is 404. The predicted octanol–water partition coefficient (Wildman–Crippen LogP) is 3.72. The fraction of sp³-hybridized carbons (Fsp3) is 0.625. The molecule has 0 N–H and O–H groups in total. The normalized spacial score (nSPS) is 21.4. The number of fused-ring (bicyclic) bond motifs is 1. The molecule has 1 heterocycles. The number of nitrogens with zero attached hydrogens (tertiary/aromatic N) is 1. The molecule has 1 saturated carbocycles. The third kappa shape index (κ3) is 2.13. The molecule has 1 aromatic carbocycles. The zero-order valence-corrected chi connectivity index (χ0v) is 11.1. The van der Waals surface area contributed by atoms with Gasteiger partial charge >= 0.3 is 0 Å². The first kappa shape index (κ1) is 11.3. The summed E-state index contributed by atoms with van der Waals surface area (Å²) in [5.41, 5.74) is 4.68. The molecule has 0 amide bonds. The SMILES string of the molecule is CC(C)c1ccc2c(c1)CN(C1CCC1)CC2. The molecule has 92 valence electrons. The predicted molar refractivity (Wildman–Crippen MR) is 72.3 cm³/mol. The van der Waals surface area contributed by atoms with E-state index in [0.29, 0.717) is 5.92 Å². The van der Waals surface area contributed by atoms with Gasteiger partial charge in [0.15, 0.2) is 0 Å². The molecule has 1 nitrogen and oxygen atoms in total. The molecule has 0 spiro atoms. The first-order valence-electron chi connectivity index (χ1n) is 7.10. The van der Waals surface area contributed by atoms with E-state index in [1.807, 2.05) is 0 Å². The van der Waals surface area contributed by atoms with E-state index in [2.05, 4.69) is 36.9 Å². The Hall–Kier alpha value is -0.820. The minimum atomic E-state index is 0.652. The van der Waals surface area contributed by atoms with Crippen molar-refractivity contribution in [1.82, 2.24) is 4.90 Å². The number of hydrogen-bond acceptors (Lipinski definition) is 1. The van der Waals surface area contributed by atoms with Crippen LogP contribution < -0.4 is 0 Å². The second-order valence-corrected chi connectivity index (χ2v) is 5.99. The van der Waals surface area contributed by atoms with Crippen molar-refractivity contribution in [3.63, 3.8) is 0 Å². The minimum absolute atomic E-state index is 0.652. The molecule has 17 heavy (non-hydrogen) atoms. The van der Waals surface area contributed by atoms with Crippen molar-refractivity contribution in [2.24, 2.45) is 0 Å². The van der Waals surface area contributed by atoms with E-state index in [-0.39, 0.29) is 0 Å². The molecule has 1 aliphatic carbocycles. The lowest BCUT2D eigenvalue weighted by Crippen LogP contribution is -2.43. The molecular formula is C16H23N. The zero-order valence-electron chi connectivity index (χ0n) is 11.1. The van der Waals surface area contributed by atoms with Crippen LogP contribution in [0.5, 0.6) is 0 Å². The van der Waals surface area contributed by atoms with Crippen LogP contribution in [0.1, 0.15) is 55.7 Å². The zero-order chi connectivity index (χ0) is 11.8. The van der Waals surface area contributed by atoms with E-state index in [4.69, 9.17) is 0 Å². The van der Waals surface area contributed by atoms with E-state index in [9.17, 15) is 0 Å². The Morgan fingerprint density at radius 1 is 1.18 bits per heavy atom. The van der Waals surface area contributed by atoms with Crippen LogP contribution in [-0.4, -0.2) is 17.5 Å². The highest BCUT2D eigenvalue weighted by molar-refractivity contribution is 5.35. The van der Waals surface area contributed by atoms with Gasteiger partial charge in [-0.1, -0.05) is 38.5 Å². The highest BCUT2D eigenvalue weighted by atomic mass is 15.2. The summed E-state index contributed by atoms with van der Waals surface area (Å²) in [6.07, 6.45) is 5.56. The molecule has 0 aromatic heterocycles. The Balaban J connectivity index is 1.81. The van der Waals surface area contributed by atoms with Gasteiger partial charge in [-0.3, -0.25) is 4.90 Å². The quantitative estimate of drug-likeness (QED) is 0.747. The van der Waals surface area contributed by atoms with Gasteiger partial charge in [-0.25, -0.2) is 0 Å². The topological polar surface area (TPSA) is 3.24 Å². The lowest BCUT2D eigenvalue weighted by Gasteiger charge is -2.40. The standard InChI is InChI=1S/C16H23N/c1-12(2)14-7-6-13-8-9-17(11-15(13)10-14)16-4-3-5-16/h6-7,10,12,16H,3-5,8-9,11H2,1-2H3.